The maximum Gasteiger partial charge on any atom is 0.136 e. The molecule has 0 bridgehead atoms. The highest BCUT2D eigenvalue weighted by Gasteiger charge is 2.20. The third kappa shape index (κ3) is 1.60. The van der Waals surface area contributed by atoms with E-state index in [1.54, 1.807) is 0 Å². The zero-order valence-electron chi connectivity index (χ0n) is 9.74. The molecule has 1 aliphatic carbocycles. The Labute approximate surface area is 96.2 Å². The van der Waals surface area contributed by atoms with Gasteiger partial charge in [0, 0.05) is 18.7 Å². The summed E-state index contributed by atoms with van der Waals surface area (Å²) in [6, 6.07) is 0. The van der Waals surface area contributed by atoms with Gasteiger partial charge in [0.25, 0.3) is 0 Å². The molecular formula is C13H17N3. The lowest BCUT2D eigenvalue weighted by Crippen LogP contribution is -2.31. The fourth-order valence-corrected chi connectivity index (χ4v) is 2.59. The summed E-state index contributed by atoms with van der Waals surface area (Å²) in [4.78, 5) is 11.6. The fraction of sp³-hybridized carbons (Fsp3) is 0.538. The lowest BCUT2D eigenvalue weighted by Gasteiger charge is -2.29. The van der Waals surface area contributed by atoms with Crippen LogP contribution < -0.4 is 4.90 Å². The number of piperidine rings is 1. The fourth-order valence-electron chi connectivity index (χ4n) is 2.59. The molecule has 0 atom stereocenters. The van der Waals surface area contributed by atoms with E-state index in [4.69, 9.17) is 0 Å². The van der Waals surface area contributed by atoms with Crippen molar-refractivity contribution >= 4 is 11.9 Å². The Morgan fingerprint density at radius 2 is 1.94 bits per heavy atom. The molecule has 0 aromatic carbocycles. The van der Waals surface area contributed by atoms with E-state index in [-0.39, 0.29) is 0 Å². The van der Waals surface area contributed by atoms with Crippen LogP contribution in [-0.2, 0) is 6.42 Å². The van der Waals surface area contributed by atoms with Crippen LogP contribution in [0.15, 0.2) is 6.08 Å². The van der Waals surface area contributed by atoms with E-state index in [0.717, 1.165) is 31.0 Å². The van der Waals surface area contributed by atoms with Gasteiger partial charge in [-0.3, -0.25) is 0 Å². The summed E-state index contributed by atoms with van der Waals surface area (Å²) in [5.41, 5.74) is 2.46. The Morgan fingerprint density at radius 1 is 1.12 bits per heavy atom. The summed E-state index contributed by atoms with van der Waals surface area (Å²) in [5, 5.41) is 0. The van der Waals surface area contributed by atoms with Gasteiger partial charge in [0.05, 0.1) is 5.69 Å². The lowest BCUT2D eigenvalue weighted by atomic mass is 10.1. The molecule has 1 aliphatic heterocycles. The van der Waals surface area contributed by atoms with Gasteiger partial charge in [0.1, 0.15) is 11.6 Å². The Hall–Kier alpha value is -1.38. The topological polar surface area (TPSA) is 29.0 Å². The summed E-state index contributed by atoms with van der Waals surface area (Å²) in [6.45, 7) is 4.30. The molecule has 0 unspecified atom stereocenters. The van der Waals surface area contributed by atoms with E-state index in [0.29, 0.717) is 0 Å². The van der Waals surface area contributed by atoms with Crippen molar-refractivity contribution in [2.75, 3.05) is 18.0 Å². The van der Waals surface area contributed by atoms with Gasteiger partial charge in [0.15, 0.2) is 0 Å². The van der Waals surface area contributed by atoms with Crippen molar-refractivity contribution in [2.24, 2.45) is 0 Å². The highest BCUT2D eigenvalue weighted by Crippen LogP contribution is 2.28. The second-order valence-electron chi connectivity index (χ2n) is 4.61. The molecule has 3 nitrogen and oxygen atoms in total. The average Bonchev–Trinajstić information content (AvgIpc) is 2.77. The van der Waals surface area contributed by atoms with Crippen molar-refractivity contribution in [3.8, 4) is 0 Å². The van der Waals surface area contributed by atoms with E-state index in [2.05, 4.69) is 27.0 Å². The van der Waals surface area contributed by atoms with Crippen LogP contribution in [0.5, 0.6) is 0 Å². The third-order valence-corrected chi connectivity index (χ3v) is 3.38. The van der Waals surface area contributed by atoms with E-state index in [1.165, 1.54) is 30.6 Å². The zero-order chi connectivity index (χ0) is 11.0. The second-order valence-corrected chi connectivity index (χ2v) is 4.61. The first kappa shape index (κ1) is 9.82. The third-order valence-electron chi connectivity index (χ3n) is 3.38. The minimum absolute atomic E-state index is 0.894. The van der Waals surface area contributed by atoms with Crippen LogP contribution in [0.3, 0.4) is 0 Å². The first-order valence-corrected chi connectivity index (χ1v) is 6.13. The number of allylic oxidation sites excluding steroid dienone is 1. The normalized spacial score (nSPS) is 18.9. The number of nitrogens with zero attached hydrogens (tertiary/aromatic N) is 3. The average molecular weight is 215 g/mol. The summed E-state index contributed by atoms with van der Waals surface area (Å²) in [5.74, 6) is 2.08. The largest absolute Gasteiger partial charge is 0.356 e. The van der Waals surface area contributed by atoms with Crippen LogP contribution >= 0.6 is 0 Å². The van der Waals surface area contributed by atoms with Gasteiger partial charge in [-0.05, 0) is 38.7 Å². The monoisotopic (exact) mass is 215 g/mol. The van der Waals surface area contributed by atoms with Gasteiger partial charge in [-0.25, -0.2) is 9.97 Å². The predicted octanol–water partition coefficient (Wildman–Crippen LogP) is 2.34. The van der Waals surface area contributed by atoms with Crippen LogP contribution in [-0.4, -0.2) is 23.1 Å². The molecule has 2 heterocycles. The second kappa shape index (κ2) is 3.89. The smallest absolute Gasteiger partial charge is 0.136 e. The van der Waals surface area contributed by atoms with Gasteiger partial charge in [-0.2, -0.15) is 0 Å². The highest BCUT2D eigenvalue weighted by atomic mass is 15.2. The molecule has 3 heteroatoms. The van der Waals surface area contributed by atoms with Crippen LogP contribution in [0.1, 0.15) is 36.3 Å². The molecule has 0 saturated carbocycles. The maximum atomic E-state index is 4.64. The summed E-state index contributed by atoms with van der Waals surface area (Å²) < 4.78 is 0. The number of aromatic nitrogens is 2. The molecule has 0 radical (unpaired) electrons. The van der Waals surface area contributed by atoms with Crippen LogP contribution in [0.2, 0.25) is 0 Å². The van der Waals surface area contributed by atoms with Gasteiger partial charge in [-0.15, -0.1) is 0 Å². The molecule has 2 aliphatic rings. The molecular weight excluding hydrogens is 198 g/mol. The molecule has 1 aromatic rings. The van der Waals surface area contributed by atoms with Crippen LogP contribution in [0.25, 0.3) is 6.08 Å². The highest BCUT2D eigenvalue weighted by molar-refractivity contribution is 5.64. The van der Waals surface area contributed by atoms with Gasteiger partial charge in [0.2, 0.25) is 0 Å². The van der Waals surface area contributed by atoms with E-state index in [9.17, 15) is 0 Å². The Balaban J connectivity index is 2.00. The molecule has 1 saturated heterocycles. The molecule has 16 heavy (non-hydrogen) atoms. The number of hydrogen-bond donors (Lipinski definition) is 0. The van der Waals surface area contributed by atoms with E-state index in [1.807, 2.05) is 6.92 Å². The van der Waals surface area contributed by atoms with Crippen molar-refractivity contribution in [1.29, 1.82) is 0 Å². The number of anilines is 1. The quantitative estimate of drug-likeness (QED) is 0.720. The van der Waals surface area contributed by atoms with Gasteiger partial charge < -0.3 is 4.90 Å². The zero-order valence-corrected chi connectivity index (χ0v) is 9.74. The van der Waals surface area contributed by atoms with Crippen LogP contribution in [0.4, 0.5) is 5.82 Å². The lowest BCUT2D eigenvalue weighted by molar-refractivity contribution is 0.571. The van der Waals surface area contributed by atoms with Crippen LogP contribution in [0, 0.1) is 6.92 Å². The number of hydrogen-bond acceptors (Lipinski definition) is 3. The molecule has 0 amide bonds. The molecule has 3 rings (SSSR count). The number of rotatable bonds is 1. The SMILES string of the molecule is Cc1nc2c(c(N3CCCCC3)n1)CC=C2. The minimum Gasteiger partial charge on any atom is -0.356 e. The maximum absolute atomic E-state index is 4.64. The van der Waals surface area contributed by atoms with Crippen molar-refractivity contribution in [1.82, 2.24) is 9.97 Å². The summed E-state index contributed by atoms with van der Waals surface area (Å²) in [7, 11) is 0. The standard InChI is InChI=1S/C13H17N3/c1-10-14-12-7-5-6-11(12)13(15-10)16-8-3-2-4-9-16/h5,7H,2-4,6,8-9H2,1H3. The Bertz CT molecular complexity index is 431. The van der Waals surface area contributed by atoms with Gasteiger partial charge in [-0.1, -0.05) is 6.08 Å². The summed E-state index contributed by atoms with van der Waals surface area (Å²) in [6.07, 6.45) is 9.27. The molecule has 84 valence electrons. The van der Waals surface area contributed by atoms with Crippen molar-refractivity contribution < 1.29 is 0 Å². The minimum atomic E-state index is 0.894. The van der Waals surface area contributed by atoms with Crippen molar-refractivity contribution in [2.45, 2.75) is 32.6 Å². The van der Waals surface area contributed by atoms with Crippen molar-refractivity contribution in [3.05, 3.63) is 23.2 Å². The van der Waals surface area contributed by atoms with E-state index >= 15 is 0 Å². The van der Waals surface area contributed by atoms with Crippen molar-refractivity contribution in [3.63, 3.8) is 0 Å². The first-order chi connectivity index (χ1) is 7.84. The molecule has 1 fully saturated rings. The molecule has 0 spiro atoms. The Morgan fingerprint density at radius 3 is 2.75 bits per heavy atom. The first-order valence-electron chi connectivity index (χ1n) is 6.13. The number of aryl methyl sites for hydroxylation is 1. The predicted molar refractivity (Wildman–Crippen MR) is 65.6 cm³/mol. The van der Waals surface area contributed by atoms with Gasteiger partial charge >= 0.3 is 0 Å². The summed E-state index contributed by atoms with van der Waals surface area (Å²) >= 11 is 0. The van der Waals surface area contributed by atoms with E-state index < -0.39 is 0 Å². The molecule has 1 aromatic heterocycles. The molecule has 0 N–H and O–H groups in total. The number of fused-ring (bicyclic) bond motifs is 1. The Kier molecular flexibility index (Phi) is 2.39.